The molecule has 0 N–H and O–H groups in total. The van der Waals surface area contributed by atoms with Crippen LogP contribution in [0.5, 0.6) is 5.75 Å². The number of fused-ring (bicyclic) bond motifs is 4. The summed E-state index contributed by atoms with van der Waals surface area (Å²) in [6.07, 6.45) is 4.44. The zero-order chi connectivity index (χ0) is 20.7. The second-order valence-corrected chi connectivity index (χ2v) is 8.07. The highest BCUT2D eigenvalue weighted by molar-refractivity contribution is 5.94. The van der Waals surface area contributed by atoms with Gasteiger partial charge in [-0.2, -0.15) is 0 Å². The fraction of sp³-hybridized carbons (Fsp3) is 0.292. The van der Waals surface area contributed by atoms with Gasteiger partial charge in [0.15, 0.2) is 0 Å². The standard InChI is InChI=1S/C24H23N3O3/c1-30-20-6-4-17(5-7-20)23(28)26-13-16-11-19(15-26)22-9-8-21(24(29)27(22)14-16)18-3-2-10-25-12-18/h2-10,12,16,19H,11,13-15H2,1H3/t16-,19+/m0/s1. The van der Waals surface area contributed by atoms with Crippen LogP contribution in [0, 0.1) is 5.92 Å². The predicted molar refractivity (Wildman–Crippen MR) is 114 cm³/mol. The molecule has 30 heavy (non-hydrogen) atoms. The van der Waals surface area contributed by atoms with Gasteiger partial charge in [-0.15, -0.1) is 0 Å². The minimum Gasteiger partial charge on any atom is -0.497 e. The summed E-state index contributed by atoms with van der Waals surface area (Å²) in [5, 5.41) is 0. The van der Waals surface area contributed by atoms with E-state index in [0.29, 0.717) is 30.8 Å². The lowest BCUT2D eigenvalue weighted by Gasteiger charge is -2.43. The second-order valence-electron chi connectivity index (χ2n) is 8.07. The highest BCUT2D eigenvalue weighted by atomic mass is 16.5. The number of amides is 1. The number of carbonyl (C=O) groups excluding carboxylic acids is 1. The summed E-state index contributed by atoms with van der Waals surface area (Å²) in [6, 6.07) is 14.9. The van der Waals surface area contributed by atoms with Crippen molar-refractivity contribution < 1.29 is 9.53 Å². The lowest BCUT2D eigenvalue weighted by atomic mass is 9.82. The molecule has 0 spiro atoms. The second kappa shape index (κ2) is 7.44. The number of likely N-dealkylation sites (tertiary alicyclic amines) is 1. The molecule has 2 aliphatic heterocycles. The summed E-state index contributed by atoms with van der Waals surface area (Å²) in [5.74, 6) is 1.23. The van der Waals surface area contributed by atoms with Crippen LogP contribution in [0.15, 0.2) is 65.7 Å². The van der Waals surface area contributed by atoms with Crippen molar-refractivity contribution in [2.24, 2.45) is 5.92 Å². The molecule has 5 rings (SSSR count). The molecule has 2 atom stereocenters. The predicted octanol–water partition coefficient (Wildman–Crippen LogP) is 3.18. The molecule has 3 aromatic rings. The number of hydrogen-bond acceptors (Lipinski definition) is 4. The quantitative estimate of drug-likeness (QED) is 0.676. The minimum absolute atomic E-state index is 0.0325. The minimum atomic E-state index is 0.0325. The lowest BCUT2D eigenvalue weighted by molar-refractivity contribution is 0.0594. The Bertz CT molecular complexity index is 1140. The van der Waals surface area contributed by atoms with Gasteiger partial charge in [0.05, 0.1) is 7.11 Å². The third kappa shape index (κ3) is 3.18. The van der Waals surface area contributed by atoms with Crippen molar-refractivity contribution in [1.29, 1.82) is 0 Å². The van der Waals surface area contributed by atoms with Gasteiger partial charge in [-0.25, -0.2) is 0 Å². The fourth-order valence-corrected chi connectivity index (χ4v) is 4.77. The summed E-state index contributed by atoms with van der Waals surface area (Å²) in [5.41, 5.74) is 3.24. The summed E-state index contributed by atoms with van der Waals surface area (Å²) >= 11 is 0. The van der Waals surface area contributed by atoms with Crippen LogP contribution in [0.3, 0.4) is 0 Å². The van der Waals surface area contributed by atoms with E-state index in [1.165, 1.54) is 0 Å². The number of carbonyl (C=O) groups is 1. The van der Waals surface area contributed by atoms with Gasteiger partial charge in [0, 0.05) is 60.3 Å². The number of rotatable bonds is 3. The Balaban J connectivity index is 1.43. The molecule has 2 aliphatic rings. The summed E-state index contributed by atoms with van der Waals surface area (Å²) < 4.78 is 7.10. The van der Waals surface area contributed by atoms with Crippen LogP contribution < -0.4 is 10.3 Å². The normalized spacial score (nSPS) is 19.8. The number of pyridine rings is 2. The Morgan fingerprint density at radius 2 is 1.90 bits per heavy atom. The van der Waals surface area contributed by atoms with Crippen molar-refractivity contribution in [2.75, 3.05) is 20.2 Å². The third-order valence-electron chi connectivity index (χ3n) is 6.20. The van der Waals surface area contributed by atoms with Crippen LogP contribution in [0.2, 0.25) is 0 Å². The van der Waals surface area contributed by atoms with E-state index in [-0.39, 0.29) is 23.3 Å². The van der Waals surface area contributed by atoms with Crippen LogP contribution >= 0.6 is 0 Å². The Hall–Kier alpha value is -3.41. The van der Waals surface area contributed by atoms with Crippen molar-refractivity contribution >= 4 is 5.91 Å². The zero-order valence-electron chi connectivity index (χ0n) is 16.8. The van der Waals surface area contributed by atoms with E-state index in [4.69, 9.17) is 4.74 Å². The Morgan fingerprint density at radius 1 is 1.07 bits per heavy atom. The maximum Gasteiger partial charge on any atom is 0.258 e. The molecule has 152 valence electrons. The van der Waals surface area contributed by atoms with Crippen molar-refractivity contribution in [3.8, 4) is 16.9 Å². The molecule has 2 bridgehead atoms. The van der Waals surface area contributed by atoms with Crippen LogP contribution in [0.25, 0.3) is 11.1 Å². The molecule has 6 nitrogen and oxygen atoms in total. The first-order valence-electron chi connectivity index (χ1n) is 10.2. The van der Waals surface area contributed by atoms with Crippen LogP contribution in [-0.2, 0) is 6.54 Å². The van der Waals surface area contributed by atoms with Gasteiger partial charge in [-0.3, -0.25) is 14.6 Å². The Labute approximate surface area is 174 Å². The topological polar surface area (TPSA) is 64.4 Å². The van der Waals surface area contributed by atoms with Crippen LogP contribution in [0.4, 0.5) is 0 Å². The van der Waals surface area contributed by atoms with Crippen molar-refractivity contribution in [1.82, 2.24) is 14.5 Å². The van der Waals surface area contributed by atoms with E-state index in [2.05, 4.69) is 4.98 Å². The first-order valence-corrected chi connectivity index (χ1v) is 10.2. The highest BCUT2D eigenvalue weighted by Crippen LogP contribution is 2.36. The molecule has 0 aliphatic carbocycles. The maximum atomic E-state index is 13.2. The number of hydrogen-bond donors (Lipinski definition) is 0. The van der Waals surface area contributed by atoms with Gasteiger partial charge >= 0.3 is 0 Å². The van der Waals surface area contributed by atoms with E-state index < -0.39 is 0 Å². The molecule has 4 heterocycles. The summed E-state index contributed by atoms with van der Waals surface area (Å²) in [4.78, 5) is 32.3. The van der Waals surface area contributed by atoms with Crippen LogP contribution in [0.1, 0.15) is 28.4 Å². The third-order valence-corrected chi connectivity index (χ3v) is 6.20. The molecule has 1 saturated heterocycles. The largest absolute Gasteiger partial charge is 0.497 e. The number of benzene rings is 1. The summed E-state index contributed by atoms with van der Waals surface area (Å²) in [6.45, 7) is 1.95. The number of nitrogens with zero attached hydrogens (tertiary/aromatic N) is 3. The Kier molecular flexibility index (Phi) is 4.62. The molecule has 0 unspecified atom stereocenters. The molecule has 0 saturated carbocycles. The molecule has 1 fully saturated rings. The van der Waals surface area contributed by atoms with E-state index in [1.807, 2.05) is 58.0 Å². The summed E-state index contributed by atoms with van der Waals surface area (Å²) in [7, 11) is 1.61. The van der Waals surface area contributed by atoms with Gasteiger partial charge < -0.3 is 14.2 Å². The van der Waals surface area contributed by atoms with Crippen LogP contribution in [-0.4, -0.2) is 40.6 Å². The van der Waals surface area contributed by atoms with E-state index >= 15 is 0 Å². The van der Waals surface area contributed by atoms with Gasteiger partial charge in [-0.05, 0) is 54.8 Å². The molecule has 1 aromatic carbocycles. The molecular weight excluding hydrogens is 378 g/mol. The van der Waals surface area contributed by atoms with Gasteiger partial charge in [0.25, 0.3) is 11.5 Å². The molecule has 1 amide bonds. The average Bonchev–Trinajstić information content (AvgIpc) is 2.80. The van der Waals surface area contributed by atoms with Crippen molar-refractivity contribution in [3.63, 3.8) is 0 Å². The fourth-order valence-electron chi connectivity index (χ4n) is 4.77. The molecule has 2 aromatic heterocycles. The molecular formula is C24H23N3O3. The van der Waals surface area contributed by atoms with E-state index in [9.17, 15) is 9.59 Å². The number of piperidine rings is 1. The van der Waals surface area contributed by atoms with E-state index in [1.54, 1.807) is 19.5 Å². The number of aromatic nitrogens is 2. The van der Waals surface area contributed by atoms with Crippen molar-refractivity contribution in [3.05, 3.63) is 82.5 Å². The Morgan fingerprint density at radius 3 is 2.63 bits per heavy atom. The number of ether oxygens (including phenoxy) is 1. The first-order chi connectivity index (χ1) is 14.6. The van der Waals surface area contributed by atoms with Gasteiger partial charge in [-0.1, -0.05) is 6.07 Å². The average molecular weight is 401 g/mol. The van der Waals surface area contributed by atoms with Gasteiger partial charge in [0.1, 0.15) is 5.75 Å². The smallest absolute Gasteiger partial charge is 0.258 e. The highest BCUT2D eigenvalue weighted by Gasteiger charge is 2.37. The first kappa shape index (κ1) is 18.6. The SMILES string of the molecule is COc1ccc(C(=O)N2C[C@@H]3C[C@H](C2)c2ccc(-c4cccnc4)c(=O)n2C3)cc1. The molecule has 0 radical (unpaired) electrons. The monoisotopic (exact) mass is 401 g/mol. The zero-order valence-corrected chi connectivity index (χ0v) is 16.8. The maximum absolute atomic E-state index is 13.2. The van der Waals surface area contributed by atoms with Gasteiger partial charge in [0.2, 0.25) is 0 Å². The number of methoxy groups -OCH3 is 1. The molecule has 6 heteroatoms. The van der Waals surface area contributed by atoms with Crippen molar-refractivity contribution in [2.45, 2.75) is 18.9 Å². The lowest BCUT2D eigenvalue weighted by Crippen LogP contribution is -2.49. The van der Waals surface area contributed by atoms with E-state index in [0.717, 1.165) is 23.4 Å².